The van der Waals surface area contributed by atoms with Crippen LogP contribution in [-0.2, 0) is 16.0 Å². The predicted molar refractivity (Wildman–Crippen MR) is 97.1 cm³/mol. The number of carbonyl (C=O) groups excluding carboxylic acids is 1. The maximum atomic E-state index is 12.2. The standard InChI is InChI=1S/C19H20ClNO4/c1-2-25-17-9-7-16(8-10-17)21-18(22)12-14(19(23)24)11-13-3-5-15(20)6-4-13/h3-10,14H,2,11-12H2,1H3,(H,21,22)(H,23,24). The first-order chi connectivity index (χ1) is 12.0. The van der Waals surface area contributed by atoms with Crippen LogP contribution in [0, 0.1) is 5.92 Å². The molecule has 0 radical (unpaired) electrons. The van der Waals surface area contributed by atoms with E-state index in [9.17, 15) is 14.7 Å². The van der Waals surface area contributed by atoms with Gasteiger partial charge in [0.05, 0.1) is 12.5 Å². The molecule has 1 atom stereocenters. The van der Waals surface area contributed by atoms with E-state index in [0.717, 1.165) is 5.56 Å². The molecule has 0 saturated heterocycles. The van der Waals surface area contributed by atoms with Crippen molar-refractivity contribution >= 4 is 29.2 Å². The molecule has 6 heteroatoms. The van der Waals surface area contributed by atoms with Crippen molar-refractivity contribution in [2.24, 2.45) is 5.92 Å². The molecule has 2 aromatic rings. The minimum atomic E-state index is -1.00. The molecule has 0 aromatic heterocycles. The van der Waals surface area contributed by atoms with Crippen LogP contribution in [0.3, 0.4) is 0 Å². The second-order valence-corrected chi connectivity index (χ2v) is 6.01. The number of halogens is 1. The molecule has 5 nitrogen and oxygen atoms in total. The maximum absolute atomic E-state index is 12.2. The van der Waals surface area contributed by atoms with Crippen LogP contribution >= 0.6 is 11.6 Å². The zero-order valence-corrected chi connectivity index (χ0v) is 14.6. The van der Waals surface area contributed by atoms with E-state index in [1.54, 1.807) is 48.5 Å². The molecule has 0 aliphatic carbocycles. The van der Waals surface area contributed by atoms with E-state index in [4.69, 9.17) is 16.3 Å². The lowest BCUT2D eigenvalue weighted by Crippen LogP contribution is -2.24. The third-order valence-corrected chi connectivity index (χ3v) is 3.88. The molecule has 0 fully saturated rings. The van der Waals surface area contributed by atoms with E-state index in [1.807, 2.05) is 6.92 Å². The summed E-state index contributed by atoms with van der Waals surface area (Å²) in [6, 6.07) is 13.9. The Kier molecular flexibility index (Phi) is 6.83. The zero-order chi connectivity index (χ0) is 18.2. The van der Waals surface area contributed by atoms with Crippen LogP contribution in [0.4, 0.5) is 5.69 Å². The van der Waals surface area contributed by atoms with Crippen molar-refractivity contribution in [3.63, 3.8) is 0 Å². The van der Waals surface area contributed by atoms with Gasteiger partial charge in [0.15, 0.2) is 0 Å². The number of hydrogen-bond donors (Lipinski definition) is 2. The number of ether oxygens (including phenoxy) is 1. The molecule has 2 N–H and O–H groups in total. The van der Waals surface area contributed by atoms with Crippen LogP contribution < -0.4 is 10.1 Å². The second kappa shape index (κ2) is 9.08. The van der Waals surface area contributed by atoms with E-state index in [1.165, 1.54) is 0 Å². The molecule has 0 spiro atoms. The van der Waals surface area contributed by atoms with Crippen LogP contribution in [0.15, 0.2) is 48.5 Å². The van der Waals surface area contributed by atoms with Gasteiger partial charge in [0.1, 0.15) is 5.75 Å². The number of rotatable bonds is 8. The topological polar surface area (TPSA) is 75.6 Å². The van der Waals surface area contributed by atoms with Gasteiger partial charge in [0.2, 0.25) is 5.91 Å². The van der Waals surface area contributed by atoms with Crippen LogP contribution in [0.2, 0.25) is 5.02 Å². The number of carboxylic acids is 1. The minimum absolute atomic E-state index is 0.106. The van der Waals surface area contributed by atoms with Crippen LogP contribution in [0.25, 0.3) is 0 Å². The van der Waals surface area contributed by atoms with Crippen molar-refractivity contribution in [2.45, 2.75) is 19.8 Å². The van der Waals surface area contributed by atoms with Gasteiger partial charge in [0.25, 0.3) is 0 Å². The van der Waals surface area contributed by atoms with Crippen molar-refractivity contribution in [1.82, 2.24) is 0 Å². The van der Waals surface area contributed by atoms with Gasteiger partial charge < -0.3 is 15.2 Å². The Labute approximate surface area is 151 Å². The molecular formula is C19H20ClNO4. The predicted octanol–water partition coefficient (Wildman–Crippen LogP) is 4.01. The third kappa shape index (κ3) is 6.12. The van der Waals surface area contributed by atoms with E-state index in [-0.39, 0.29) is 18.7 Å². The van der Waals surface area contributed by atoms with Gasteiger partial charge in [-0.05, 0) is 55.3 Å². The molecule has 2 aromatic carbocycles. The summed E-state index contributed by atoms with van der Waals surface area (Å²) in [4.78, 5) is 23.6. The van der Waals surface area contributed by atoms with Crippen molar-refractivity contribution in [1.29, 1.82) is 0 Å². The summed E-state index contributed by atoms with van der Waals surface area (Å²) >= 11 is 5.83. The fourth-order valence-electron chi connectivity index (χ4n) is 2.39. The first kappa shape index (κ1) is 18.8. The van der Waals surface area contributed by atoms with Crippen molar-refractivity contribution in [3.05, 3.63) is 59.1 Å². The largest absolute Gasteiger partial charge is 0.494 e. The van der Waals surface area contributed by atoms with Gasteiger partial charge in [-0.3, -0.25) is 9.59 Å². The highest BCUT2D eigenvalue weighted by Gasteiger charge is 2.22. The Balaban J connectivity index is 1.95. The number of benzene rings is 2. The molecule has 1 amide bonds. The average Bonchev–Trinajstić information content (AvgIpc) is 2.58. The Morgan fingerprint density at radius 1 is 1.12 bits per heavy atom. The zero-order valence-electron chi connectivity index (χ0n) is 13.9. The maximum Gasteiger partial charge on any atom is 0.307 e. The smallest absolute Gasteiger partial charge is 0.307 e. The van der Waals surface area contributed by atoms with E-state index < -0.39 is 11.9 Å². The summed E-state index contributed by atoms with van der Waals surface area (Å²) < 4.78 is 5.34. The lowest BCUT2D eigenvalue weighted by atomic mass is 9.96. The summed E-state index contributed by atoms with van der Waals surface area (Å²) in [6.45, 7) is 2.46. The van der Waals surface area contributed by atoms with Gasteiger partial charge in [-0.25, -0.2) is 0 Å². The number of aliphatic carboxylic acids is 1. The highest BCUT2D eigenvalue weighted by Crippen LogP contribution is 2.19. The van der Waals surface area contributed by atoms with Crippen LogP contribution in [0.1, 0.15) is 18.9 Å². The fourth-order valence-corrected chi connectivity index (χ4v) is 2.51. The molecule has 1 unspecified atom stereocenters. The molecular weight excluding hydrogens is 342 g/mol. The number of anilines is 1. The fraction of sp³-hybridized carbons (Fsp3) is 0.263. The van der Waals surface area contributed by atoms with Gasteiger partial charge in [-0.1, -0.05) is 23.7 Å². The normalized spacial score (nSPS) is 11.6. The Morgan fingerprint density at radius 3 is 2.32 bits per heavy atom. The van der Waals surface area contributed by atoms with Crippen molar-refractivity contribution < 1.29 is 19.4 Å². The number of carboxylic acid groups (broad SMARTS) is 1. The van der Waals surface area contributed by atoms with E-state index >= 15 is 0 Å². The first-order valence-electron chi connectivity index (χ1n) is 7.98. The number of amides is 1. The van der Waals surface area contributed by atoms with Crippen LogP contribution in [-0.4, -0.2) is 23.6 Å². The lowest BCUT2D eigenvalue weighted by molar-refractivity contribution is -0.143. The molecule has 0 saturated carbocycles. The Morgan fingerprint density at radius 2 is 1.76 bits per heavy atom. The van der Waals surface area contributed by atoms with E-state index in [2.05, 4.69) is 5.32 Å². The molecule has 2 rings (SSSR count). The van der Waals surface area contributed by atoms with Gasteiger partial charge in [-0.2, -0.15) is 0 Å². The second-order valence-electron chi connectivity index (χ2n) is 5.58. The molecule has 132 valence electrons. The summed E-state index contributed by atoms with van der Waals surface area (Å²) in [5.74, 6) is -1.43. The third-order valence-electron chi connectivity index (χ3n) is 3.63. The lowest BCUT2D eigenvalue weighted by Gasteiger charge is -2.13. The number of carbonyl (C=O) groups is 2. The van der Waals surface area contributed by atoms with E-state index in [0.29, 0.717) is 23.1 Å². The summed E-state index contributed by atoms with van der Waals surface area (Å²) in [5, 5.41) is 12.7. The van der Waals surface area contributed by atoms with Gasteiger partial charge in [-0.15, -0.1) is 0 Å². The summed E-state index contributed by atoms with van der Waals surface area (Å²) in [7, 11) is 0. The minimum Gasteiger partial charge on any atom is -0.494 e. The molecule has 0 heterocycles. The summed E-state index contributed by atoms with van der Waals surface area (Å²) in [5.41, 5.74) is 1.43. The number of hydrogen-bond acceptors (Lipinski definition) is 3. The van der Waals surface area contributed by atoms with Crippen molar-refractivity contribution in [3.8, 4) is 5.75 Å². The monoisotopic (exact) mass is 361 g/mol. The molecule has 0 bridgehead atoms. The molecule has 0 aliphatic heterocycles. The van der Waals surface area contributed by atoms with Gasteiger partial charge >= 0.3 is 5.97 Å². The molecule has 0 aliphatic rings. The average molecular weight is 362 g/mol. The highest BCUT2D eigenvalue weighted by atomic mass is 35.5. The highest BCUT2D eigenvalue weighted by molar-refractivity contribution is 6.30. The van der Waals surface area contributed by atoms with Gasteiger partial charge in [0, 0.05) is 17.1 Å². The Hall–Kier alpha value is -2.53. The van der Waals surface area contributed by atoms with Crippen molar-refractivity contribution in [2.75, 3.05) is 11.9 Å². The Bertz CT molecular complexity index is 713. The summed E-state index contributed by atoms with van der Waals surface area (Å²) in [6.07, 6.45) is 0.161. The number of nitrogens with one attached hydrogen (secondary N) is 1. The van der Waals surface area contributed by atoms with Crippen LogP contribution in [0.5, 0.6) is 5.75 Å². The molecule has 25 heavy (non-hydrogen) atoms. The quantitative estimate of drug-likeness (QED) is 0.744. The first-order valence-corrected chi connectivity index (χ1v) is 8.35. The SMILES string of the molecule is CCOc1ccc(NC(=O)CC(Cc2ccc(Cl)cc2)C(=O)O)cc1.